The lowest BCUT2D eigenvalue weighted by molar-refractivity contribution is -0.122. The van der Waals surface area contributed by atoms with Gasteiger partial charge in [0.1, 0.15) is 0 Å². The van der Waals surface area contributed by atoms with Crippen molar-refractivity contribution in [2.24, 2.45) is 11.8 Å². The Labute approximate surface area is 184 Å². The number of carbonyl (C=O) groups is 2. The maximum Gasteiger partial charge on any atom is 0.260 e. The first-order valence-electron chi connectivity index (χ1n) is 10.6. The molecule has 1 aliphatic heterocycles. The fraction of sp³-hybridized carbons (Fsp3) is 0.160. The number of aromatic nitrogens is 4. The van der Waals surface area contributed by atoms with Gasteiger partial charge in [-0.05, 0) is 18.9 Å². The Balaban J connectivity index is 1.52. The summed E-state index contributed by atoms with van der Waals surface area (Å²) in [6.07, 6.45) is 5.08. The molecule has 2 aliphatic rings. The lowest BCUT2D eigenvalue weighted by atomic mass is 9.85. The van der Waals surface area contributed by atoms with Crippen molar-refractivity contribution in [1.82, 2.24) is 19.6 Å². The summed E-state index contributed by atoms with van der Waals surface area (Å²) in [5.74, 6) is -0.700. The number of amides is 2. The fourth-order valence-electron chi connectivity index (χ4n) is 4.52. The molecule has 2 aromatic heterocycles. The van der Waals surface area contributed by atoms with E-state index in [1.807, 2.05) is 78.9 Å². The van der Waals surface area contributed by atoms with Crippen LogP contribution in [0.4, 0.5) is 5.95 Å². The van der Waals surface area contributed by atoms with Gasteiger partial charge in [-0.2, -0.15) is 9.50 Å². The van der Waals surface area contributed by atoms with E-state index in [2.05, 4.69) is 10.1 Å². The van der Waals surface area contributed by atoms with Crippen molar-refractivity contribution in [3.8, 4) is 22.5 Å². The molecule has 0 radical (unpaired) electrons. The van der Waals surface area contributed by atoms with Gasteiger partial charge < -0.3 is 0 Å². The molecule has 1 saturated heterocycles. The van der Waals surface area contributed by atoms with Crippen molar-refractivity contribution in [1.29, 1.82) is 0 Å². The molecule has 6 rings (SSSR count). The van der Waals surface area contributed by atoms with Crippen LogP contribution < -0.4 is 4.90 Å². The van der Waals surface area contributed by atoms with Crippen LogP contribution in [0.2, 0.25) is 0 Å². The van der Waals surface area contributed by atoms with Gasteiger partial charge in [-0.15, -0.1) is 5.10 Å². The summed E-state index contributed by atoms with van der Waals surface area (Å²) in [4.78, 5) is 36.4. The zero-order valence-corrected chi connectivity index (χ0v) is 17.1. The van der Waals surface area contributed by atoms with Gasteiger partial charge in [-0.3, -0.25) is 9.59 Å². The van der Waals surface area contributed by atoms with Gasteiger partial charge in [-0.1, -0.05) is 72.8 Å². The molecule has 0 spiro atoms. The van der Waals surface area contributed by atoms with Crippen molar-refractivity contribution in [3.05, 3.63) is 78.9 Å². The van der Waals surface area contributed by atoms with Crippen LogP contribution in [0, 0.1) is 11.8 Å². The first-order valence-corrected chi connectivity index (χ1v) is 10.6. The summed E-state index contributed by atoms with van der Waals surface area (Å²) < 4.78 is 1.61. The van der Waals surface area contributed by atoms with E-state index in [-0.39, 0.29) is 29.6 Å². The molecule has 0 unspecified atom stereocenters. The Hall–Kier alpha value is -4.13. The zero-order valence-electron chi connectivity index (χ0n) is 17.1. The number of imide groups is 1. The second-order valence-electron chi connectivity index (χ2n) is 8.05. The van der Waals surface area contributed by atoms with Crippen LogP contribution >= 0.6 is 0 Å². The first kappa shape index (κ1) is 18.6. The zero-order chi connectivity index (χ0) is 21.7. The predicted molar refractivity (Wildman–Crippen MR) is 120 cm³/mol. The number of anilines is 1. The van der Waals surface area contributed by atoms with Crippen LogP contribution in [-0.2, 0) is 9.59 Å². The van der Waals surface area contributed by atoms with Crippen molar-refractivity contribution in [2.75, 3.05) is 4.90 Å². The van der Waals surface area contributed by atoms with Crippen LogP contribution in [0.25, 0.3) is 28.3 Å². The van der Waals surface area contributed by atoms with Gasteiger partial charge in [0.2, 0.25) is 11.8 Å². The second-order valence-corrected chi connectivity index (χ2v) is 8.05. The van der Waals surface area contributed by atoms with E-state index < -0.39 is 0 Å². The fourth-order valence-corrected chi connectivity index (χ4v) is 4.52. The van der Waals surface area contributed by atoms with Crippen molar-refractivity contribution < 1.29 is 9.59 Å². The summed E-state index contributed by atoms with van der Waals surface area (Å²) in [5, 5.41) is 4.57. The summed E-state index contributed by atoms with van der Waals surface area (Å²) >= 11 is 0. The van der Waals surface area contributed by atoms with Gasteiger partial charge in [0.05, 0.1) is 23.2 Å². The molecule has 2 aromatic carbocycles. The van der Waals surface area contributed by atoms with E-state index in [1.54, 1.807) is 4.52 Å². The minimum atomic E-state index is -0.333. The summed E-state index contributed by atoms with van der Waals surface area (Å²) in [5.41, 5.74) is 3.41. The van der Waals surface area contributed by atoms with Crippen LogP contribution in [0.3, 0.4) is 0 Å². The number of hydrogen-bond donors (Lipinski definition) is 0. The minimum Gasteiger partial charge on any atom is -0.274 e. The highest BCUT2D eigenvalue weighted by Gasteiger charge is 2.49. The number of rotatable bonds is 3. The molecular formula is C25H19N5O2. The average molecular weight is 421 g/mol. The van der Waals surface area contributed by atoms with E-state index in [1.165, 1.54) is 0 Å². The Morgan fingerprint density at radius 1 is 0.750 bits per heavy atom. The topological polar surface area (TPSA) is 80.5 Å². The number of benzene rings is 2. The highest BCUT2D eigenvalue weighted by Crippen LogP contribution is 2.37. The van der Waals surface area contributed by atoms with Crippen LogP contribution in [0.5, 0.6) is 0 Å². The molecule has 32 heavy (non-hydrogen) atoms. The molecule has 1 aliphatic carbocycles. The van der Waals surface area contributed by atoms with E-state index >= 15 is 0 Å². The third-order valence-corrected chi connectivity index (χ3v) is 6.15. The molecule has 7 heteroatoms. The maximum atomic E-state index is 13.0. The van der Waals surface area contributed by atoms with Gasteiger partial charge in [0.25, 0.3) is 11.7 Å². The third kappa shape index (κ3) is 2.85. The van der Waals surface area contributed by atoms with Crippen LogP contribution in [0.15, 0.2) is 78.9 Å². The Morgan fingerprint density at radius 2 is 1.34 bits per heavy atom. The highest BCUT2D eigenvalue weighted by atomic mass is 16.2. The predicted octanol–water partition coefficient (Wildman–Crippen LogP) is 3.91. The van der Waals surface area contributed by atoms with E-state index in [0.29, 0.717) is 18.6 Å². The van der Waals surface area contributed by atoms with Gasteiger partial charge in [0, 0.05) is 11.1 Å². The van der Waals surface area contributed by atoms with Crippen molar-refractivity contribution in [3.63, 3.8) is 0 Å². The monoisotopic (exact) mass is 421 g/mol. The minimum absolute atomic E-state index is 0.0873. The molecule has 156 valence electrons. The number of carbonyl (C=O) groups excluding carboxylic acids is 2. The number of nitrogens with zero attached hydrogens (tertiary/aromatic N) is 5. The Bertz CT molecular complexity index is 1350. The third-order valence-electron chi connectivity index (χ3n) is 6.15. The molecule has 4 aromatic rings. The molecule has 1 fully saturated rings. The second kappa shape index (κ2) is 7.23. The molecule has 3 heterocycles. The maximum absolute atomic E-state index is 13.0. The normalized spacial score (nSPS) is 20.2. The highest BCUT2D eigenvalue weighted by molar-refractivity contribution is 6.21. The lowest BCUT2D eigenvalue weighted by Crippen LogP contribution is -2.32. The summed E-state index contributed by atoms with van der Waals surface area (Å²) in [6.45, 7) is 0. The number of hydrogen-bond acceptors (Lipinski definition) is 5. The smallest absolute Gasteiger partial charge is 0.260 e. The van der Waals surface area contributed by atoms with Gasteiger partial charge in [0.15, 0.2) is 0 Å². The average Bonchev–Trinajstić information content (AvgIpc) is 3.38. The van der Waals surface area contributed by atoms with Gasteiger partial charge >= 0.3 is 0 Å². The van der Waals surface area contributed by atoms with Gasteiger partial charge in [-0.25, -0.2) is 9.88 Å². The molecule has 0 bridgehead atoms. The summed E-state index contributed by atoms with van der Waals surface area (Å²) in [6, 6.07) is 21.6. The van der Waals surface area contributed by atoms with E-state index in [0.717, 1.165) is 27.4 Å². The largest absolute Gasteiger partial charge is 0.274 e. The molecule has 2 atom stereocenters. The molecule has 2 amide bonds. The van der Waals surface area contributed by atoms with Crippen molar-refractivity contribution >= 4 is 23.5 Å². The quantitative estimate of drug-likeness (QED) is 0.370. The molecule has 7 nitrogen and oxygen atoms in total. The van der Waals surface area contributed by atoms with Crippen molar-refractivity contribution in [2.45, 2.75) is 12.8 Å². The number of fused-ring (bicyclic) bond motifs is 2. The Kier molecular flexibility index (Phi) is 4.21. The Morgan fingerprint density at radius 3 is 1.97 bits per heavy atom. The van der Waals surface area contributed by atoms with Crippen LogP contribution in [0.1, 0.15) is 12.8 Å². The van der Waals surface area contributed by atoms with E-state index in [9.17, 15) is 9.59 Å². The standard InChI is InChI=1S/C25H19N5O2/c31-22-18-13-7-8-14-19(18)23(32)29(22)25-27-24-26-20(16-9-3-1-4-10-16)15-21(30(24)28-25)17-11-5-2-6-12-17/h1-12,15,18-19H,13-14H2/t18-,19-/m1/s1. The molecule has 0 saturated carbocycles. The first-order chi connectivity index (χ1) is 15.7. The number of allylic oxidation sites excluding steroid dienone is 2. The lowest BCUT2D eigenvalue weighted by Gasteiger charge is -2.14. The SMILES string of the molecule is O=C1[C@@H]2CC=CC[C@H]2C(=O)N1c1nc2nc(-c3ccccc3)cc(-c3ccccc3)n2n1. The summed E-state index contributed by atoms with van der Waals surface area (Å²) in [7, 11) is 0. The molecule has 0 N–H and O–H groups in total. The van der Waals surface area contributed by atoms with Crippen LogP contribution in [-0.4, -0.2) is 31.4 Å². The molecular weight excluding hydrogens is 402 g/mol. The van der Waals surface area contributed by atoms with E-state index in [4.69, 9.17) is 4.98 Å².